The lowest BCUT2D eigenvalue weighted by Gasteiger charge is -2.33. The number of esters is 1. The molecule has 0 aliphatic heterocycles. The Kier molecular flexibility index (Phi) is 2.38. The average Bonchev–Trinajstić information content (AvgIpc) is 2.62. The van der Waals surface area contributed by atoms with E-state index in [1.807, 2.05) is 6.92 Å². The molecule has 78 valence electrons. The summed E-state index contributed by atoms with van der Waals surface area (Å²) >= 11 is 0. The molecule has 0 amide bonds. The van der Waals surface area contributed by atoms with Gasteiger partial charge in [0, 0.05) is 6.08 Å². The zero-order valence-electron chi connectivity index (χ0n) is 8.95. The summed E-state index contributed by atoms with van der Waals surface area (Å²) in [5, 5.41) is 0. The molecule has 3 atom stereocenters. The van der Waals surface area contributed by atoms with E-state index in [1.165, 1.54) is 25.3 Å². The highest BCUT2D eigenvalue weighted by Gasteiger charge is 2.50. The van der Waals surface area contributed by atoms with E-state index in [2.05, 4.69) is 6.92 Å². The van der Waals surface area contributed by atoms with Crippen LogP contribution in [0.4, 0.5) is 0 Å². The number of carbonyl (C=O) groups is 1. The molecule has 0 aromatic rings. The molecule has 3 unspecified atom stereocenters. The van der Waals surface area contributed by atoms with Gasteiger partial charge in [0.1, 0.15) is 5.60 Å². The predicted octanol–water partition coefficient (Wildman–Crippen LogP) is 2.68. The van der Waals surface area contributed by atoms with Crippen molar-refractivity contribution in [1.82, 2.24) is 0 Å². The van der Waals surface area contributed by atoms with Gasteiger partial charge in [0.05, 0.1) is 0 Å². The van der Waals surface area contributed by atoms with Gasteiger partial charge in [0.25, 0.3) is 0 Å². The minimum absolute atomic E-state index is 0.167. The van der Waals surface area contributed by atoms with Crippen LogP contribution in [0.25, 0.3) is 0 Å². The molecule has 0 N–H and O–H groups in total. The first-order chi connectivity index (χ1) is 6.64. The van der Waals surface area contributed by atoms with Crippen LogP contribution in [0.5, 0.6) is 0 Å². The molecule has 0 spiro atoms. The molecule has 0 radical (unpaired) electrons. The minimum Gasteiger partial charge on any atom is -0.456 e. The van der Waals surface area contributed by atoms with Crippen LogP contribution >= 0.6 is 0 Å². The van der Waals surface area contributed by atoms with Gasteiger partial charge in [-0.3, -0.25) is 0 Å². The largest absolute Gasteiger partial charge is 0.456 e. The maximum atomic E-state index is 11.4. The van der Waals surface area contributed by atoms with Crippen LogP contribution in [0.15, 0.2) is 12.2 Å². The Morgan fingerprint density at radius 1 is 1.50 bits per heavy atom. The van der Waals surface area contributed by atoms with Crippen molar-refractivity contribution in [1.29, 1.82) is 0 Å². The maximum Gasteiger partial charge on any atom is 0.330 e. The second-order valence-electron chi connectivity index (χ2n) is 4.81. The highest BCUT2D eigenvalue weighted by Crippen LogP contribution is 2.52. The topological polar surface area (TPSA) is 26.3 Å². The summed E-state index contributed by atoms with van der Waals surface area (Å²) in [5.41, 5.74) is -0.167. The van der Waals surface area contributed by atoms with Crippen molar-refractivity contribution < 1.29 is 9.53 Å². The van der Waals surface area contributed by atoms with Crippen LogP contribution in [0.3, 0.4) is 0 Å². The maximum absolute atomic E-state index is 11.4. The second kappa shape index (κ2) is 3.41. The lowest BCUT2D eigenvalue weighted by atomic mass is 9.86. The Balaban J connectivity index is 2.00. The first kappa shape index (κ1) is 9.75. The van der Waals surface area contributed by atoms with Crippen molar-refractivity contribution in [2.45, 2.75) is 45.1 Å². The third-order valence-electron chi connectivity index (χ3n) is 3.74. The van der Waals surface area contributed by atoms with Gasteiger partial charge in [-0.15, -0.1) is 0 Å². The van der Waals surface area contributed by atoms with E-state index in [0.717, 1.165) is 12.3 Å². The number of ether oxygens (including phenoxy) is 1. The van der Waals surface area contributed by atoms with Gasteiger partial charge in [-0.05, 0) is 51.4 Å². The van der Waals surface area contributed by atoms with E-state index in [1.54, 1.807) is 6.08 Å². The molecular formula is C12H18O2. The predicted molar refractivity (Wildman–Crippen MR) is 54.8 cm³/mol. The molecule has 2 aliphatic carbocycles. The summed E-state index contributed by atoms with van der Waals surface area (Å²) in [6.07, 6.45) is 8.16. The van der Waals surface area contributed by atoms with E-state index in [9.17, 15) is 4.79 Å². The lowest BCUT2D eigenvalue weighted by Crippen LogP contribution is -2.36. The number of carbonyl (C=O) groups excluding carboxylic acids is 1. The molecule has 2 saturated carbocycles. The Bertz CT molecular complexity index is 269. The molecule has 2 rings (SSSR count). The van der Waals surface area contributed by atoms with Crippen molar-refractivity contribution in [3.05, 3.63) is 12.2 Å². The number of rotatable bonds is 2. The van der Waals surface area contributed by atoms with Gasteiger partial charge < -0.3 is 4.74 Å². The monoisotopic (exact) mass is 194 g/mol. The number of fused-ring (bicyclic) bond motifs is 2. The molecular weight excluding hydrogens is 176 g/mol. The minimum atomic E-state index is -0.178. The molecule has 2 nitrogen and oxygen atoms in total. The number of hydrogen-bond acceptors (Lipinski definition) is 2. The van der Waals surface area contributed by atoms with Crippen molar-refractivity contribution in [2.24, 2.45) is 11.8 Å². The third-order valence-corrected chi connectivity index (χ3v) is 3.74. The van der Waals surface area contributed by atoms with E-state index >= 15 is 0 Å². The van der Waals surface area contributed by atoms with Crippen LogP contribution in [0.2, 0.25) is 0 Å². The average molecular weight is 194 g/mol. The molecule has 2 heteroatoms. The molecule has 0 heterocycles. The summed E-state index contributed by atoms with van der Waals surface area (Å²) in [7, 11) is 0. The number of allylic oxidation sites excluding steroid dienone is 1. The quantitative estimate of drug-likeness (QED) is 0.499. The Hall–Kier alpha value is -0.790. The molecule has 0 aromatic carbocycles. The zero-order chi connectivity index (χ0) is 10.2. The Morgan fingerprint density at radius 2 is 2.29 bits per heavy atom. The van der Waals surface area contributed by atoms with Gasteiger partial charge in [-0.1, -0.05) is 6.08 Å². The third kappa shape index (κ3) is 1.58. The first-order valence-corrected chi connectivity index (χ1v) is 5.50. The highest BCUT2D eigenvalue weighted by atomic mass is 16.6. The van der Waals surface area contributed by atoms with Crippen molar-refractivity contribution in [2.75, 3.05) is 0 Å². The van der Waals surface area contributed by atoms with Crippen LogP contribution in [-0.2, 0) is 9.53 Å². The highest BCUT2D eigenvalue weighted by molar-refractivity contribution is 5.82. The van der Waals surface area contributed by atoms with Gasteiger partial charge >= 0.3 is 5.97 Å². The summed E-state index contributed by atoms with van der Waals surface area (Å²) < 4.78 is 5.55. The molecule has 2 aliphatic rings. The second-order valence-corrected chi connectivity index (χ2v) is 4.81. The summed E-state index contributed by atoms with van der Waals surface area (Å²) in [6.45, 7) is 3.93. The summed E-state index contributed by atoms with van der Waals surface area (Å²) in [5.74, 6) is 1.24. The van der Waals surface area contributed by atoms with Crippen molar-refractivity contribution in [3.63, 3.8) is 0 Å². The van der Waals surface area contributed by atoms with Gasteiger partial charge in [0.15, 0.2) is 0 Å². The smallest absolute Gasteiger partial charge is 0.330 e. The van der Waals surface area contributed by atoms with Crippen LogP contribution < -0.4 is 0 Å². The summed E-state index contributed by atoms with van der Waals surface area (Å²) in [6, 6.07) is 0. The molecule has 0 saturated heterocycles. The van der Waals surface area contributed by atoms with Gasteiger partial charge in [-0.25, -0.2) is 4.79 Å². The van der Waals surface area contributed by atoms with E-state index in [0.29, 0.717) is 5.92 Å². The van der Waals surface area contributed by atoms with E-state index in [-0.39, 0.29) is 11.6 Å². The fourth-order valence-corrected chi connectivity index (χ4v) is 3.08. The van der Waals surface area contributed by atoms with E-state index < -0.39 is 0 Å². The van der Waals surface area contributed by atoms with Crippen LogP contribution in [0.1, 0.15) is 39.5 Å². The molecule has 14 heavy (non-hydrogen) atoms. The molecule has 2 bridgehead atoms. The fourth-order valence-electron chi connectivity index (χ4n) is 3.08. The number of hydrogen-bond donors (Lipinski definition) is 0. The van der Waals surface area contributed by atoms with Crippen molar-refractivity contribution in [3.8, 4) is 0 Å². The molecule has 2 fully saturated rings. The Morgan fingerprint density at radius 3 is 2.79 bits per heavy atom. The van der Waals surface area contributed by atoms with Crippen LogP contribution in [0, 0.1) is 11.8 Å². The summed E-state index contributed by atoms with van der Waals surface area (Å²) in [4.78, 5) is 11.4. The van der Waals surface area contributed by atoms with Gasteiger partial charge in [-0.2, -0.15) is 0 Å². The fraction of sp³-hybridized carbons (Fsp3) is 0.750. The Labute approximate surface area is 85.3 Å². The SMILES string of the molecule is CC=CC(=O)OC1(C)CC2CCC1C2. The lowest BCUT2D eigenvalue weighted by molar-refractivity contribution is -0.157. The normalized spacial score (nSPS) is 40.7. The first-order valence-electron chi connectivity index (χ1n) is 5.50. The van der Waals surface area contributed by atoms with E-state index in [4.69, 9.17) is 4.74 Å². The van der Waals surface area contributed by atoms with Gasteiger partial charge in [0.2, 0.25) is 0 Å². The molecule has 0 aromatic heterocycles. The zero-order valence-corrected chi connectivity index (χ0v) is 8.95. The van der Waals surface area contributed by atoms with Crippen LogP contribution in [-0.4, -0.2) is 11.6 Å². The standard InChI is InChI=1S/C12H18O2/c1-3-4-11(13)14-12(2)8-9-5-6-10(12)7-9/h3-4,9-10H,5-8H2,1-2H3. The van der Waals surface area contributed by atoms with Crippen molar-refractivity contribution >= 4 is 5.97 Å².